The van der Waals surface area contributed by atoms with Gasteiger partial charge in [0.25, 0.3) is 0 Å². The summed E-state index contributed by atoms with van der Waals surface area (Å²) in [7, 11) is 0. The second-order valence-electron chi connectivity index (χ2n) is 7.10. The predicted molar refractivity (Wildman–Crippen MR) is 70.1 cm³/mol. The van der Waals surface area contributed by atoms with E-state index < -0.39 is 0 Å². The van der Waals surface area contributed by atoms with Crippen LogP contribution < -0.4 is 5.32 Å². The molecular weight excluding hydrogens is 240 g/mol. The average Bonchev–Trinajstić information content (AvgIpc) is 2.36. The molecule has 4 nitrogen and oxygen atoms in total. The zero-order chi connectivity index (χ0) is 13.0. The van der Waals surface area contributed by atoms with Crippen molar-refractivity contribution in [3.63, 3.8) is 0 Å². The summed E-state index contributed by atoms with van der Waals surface area (Å²) in [6.07, 6.45) is 6.86. The molecule has 0 atom stereocenters. The van der Waals surface area contributed by atoms with E-state index in [4.69, 9.17) is 0 Å². The Morgan fingerprint density at radius 1 is 0.895 bits per heavy atom. The third-order valence-corrected chi connectivity index (χ3v) is 5.97. The molecule has 5 fully saturated rings. The molecule has 5 aliphatic rings. The molecule has 4 saturated carbocycles. The van der Waals surface area contributed by atoms with Crippen LogP contribution in [-0.2, 0) is 9.59 Å². The molecule has 4 heteroatoms. The summed E-state index contributed by atoms with van der Waals surface area (Å²) in [5.41, 5.74) is 0. The van der Waals surface area contributed by atoms with Crippen LogP contribution in [0.2, 0.25) is 0 Å². The molecule has 1 saturated heterocycles. The third kappa shape index (κ3) is 1.92. The van der Waals surface area contributed by atoms with Gasteiger partial charge in [-0.2, -0.15) is 0 Å². The smallest absolute Gasteiger partial charge is 0.243 e. The number of carbonyl (C=O) groups is 2. The van der Waals surface area contributed by atoms with Gasteiger partial charge in [-0.05, 0) is 61.7 Å². The van der Waals surface area contributed by atoms with Gasteiger partial charge in [0.15, 0.2) is 0 Å². The molecule has 0 aromatic carbocycles. The van der Waals surface area contributed by atoms with E-state index in [1.54, 1.807) is 4.90 Å². The molecule has 0 aromatic heterocycles. The van der Waals surface area contributed by atoms with Crippen molar-refractivity contribution in [3.8, 4) is 0 Å². The van der Waals surface area contributed by atoms with Crippen molar-refractivity contribution in [2.75, 3.05) is 19.6 Å². The number of piperazine rings is 1. The molecule has 0 spiro atoms. The number of nitrogens with one attached hydrogen (secondary N) is 1. The van der Waals surface area contributed by atoms with Gasteiger partial charge in [-0.15, -0.1) is 0 Å². The highest BCUT2D eigenvalue weighted by Gasteiger charge is 2.49. The van der Waals surface area contributed by atoms with Gasteiger partial charge in [0.05, 0.1) is 13.1 Å². The molecule has 1 heterocycles. The fourth-order valence-electron chi connectivity index (χ4n) is 5.36. The van der Waals surface area contributed by atoms with Gasteiger partial charge >= 0.3 is 0 Å². The number of hydrogen-bond donors (Lipinski definition) is 1. The number of rotatable bonds is 2. The summed E-state index contributed by atoms with van der Waals surface area (Å²) in [6, 6.07) is 0. The average molecular weight is 262 g/mol. The van der Waals surface area contributed by atoms with Crippen molar-refractivity contribution in [1.82, 2.24) is 10.2 Å². The zero-order valence-electron chi connectivity index (χ0n) is 11.3. The number of hydrogen-bond acceptors (Lipinski definition) is 3. The quantitative estimate of drug-likeness (QED) is 0.756. The van der Waals surface area contributed by atoms with Gasteiger partial charge in [0.2, 0.25) is 11.8 Å². The molecule has 2 amide bonds. The number of amides is 2. The van der Waals surface area contributed by atoms with Crippen LogP contribution in [0.3, 0.4) is 0 Å². The number of carbonyl (C=O) groups excluding carboxylic acids is 2. The number of nitrogens with zero attached hydrogens (tertiary/aromatic N) is 1. The van der Waals surface area contributed by atoms with E-state index in [1.165, 1.54) is 32.1 Å². The molecule has 1 aliphatic heterocycles. The van der Waals surface area contributed by atoms with E-state index in [2.05, 4.69) is 5.32 Å². The summed E-state index contributed by atoms with van der Waals surface area (Å²) in [5, 5.41) is 2.88. The van der Waals surface area contributed by atoms with Gasteiger partial charge < -0.3 is 0 Å². The molecular formula is C15H22N2O2. The van der Waals surface area contributed by atoms with Crippen molar-refractivity contribution < 1.29 is 9.59 Å². The molecule has 19 heavy (non-hydrogen) atoms. The Morgan fingerprint density at radius 3 is 1.95 bits per heavy atom. The van der Waals surface area contributed by atoms with Crippen LogP contribution in [0, 0.1) is 29.6 Å². The van der Waals surface area contributed by atoms with Crippen molar-refractivity contribution in [2.24, 2.45) is 29.6 Å². The maximum atomic E-state index is 11.9. The van der Waals surface area contributed by atoms with E-state index in [0.29, 0.717) is 25.6 Å². The first-order valence-corrected chi connectivity index (χ1v) is 7.74. The topological polar surface area (TPSA) is 49.4 Å². The summed E-state index contributed by atoms with van der Waals surface area (Å²) in [5.74, 6) is 4.02. The lowest BCUT2D eigenvalue weighted by atomic mass is 9.52. The Labute approximate surface area is 113 Å². The first kappa shape index (κ1) is 11.9. The lowest BCUT2D eigenvalue weighted by molar-refractivity contribution is -0.150. The van der Waals surface area contributed by atoms with Crippen LogP contribution in [0.15, 0.2) is 0 Å². The Hall–Kier alpha value is -0.900. The molecule has 4 bridgehead atoms. The Morgan fingerprint density at radius 2 is 1.42 bits per heavy atom. The van der Waals surface area contributed by atoms with Crippen LogP contribution in [0.5, 0.6) is 0 Å². The molecule has 0 aromatic rings. The predicted octanol–water partition coefficient (Wildman–Crippen LogP) is 1.02. The van der Waals surface area contributed by atoms with Gasteiger partial charge in [-0.1, -0.05) is 0 Å². The van der Waals surface area contributed by atoms with Crippen molar-refractivity contribution in [3.05, 3.63) is 0 Å². The largest absolute Gasteiger partial charge is 0.300 e. The fraction of sp³-hybridized carbons (Fsp3) is 0.867. The Bertz CT molecular complexity index is 376. The van der Waals surface area contributed by atoms with Crippen LogP contribution in [0.25, 0.3) is 0 Å². The first-order valence-electron chi connectivity index (χ1n) is 7.74. The van der Waals surface area contributed by atoms with Crippen molar-refractivity contribution in [1.29, 1.82) is 0 Å². The zero-order valence-corrected chi connectivity index (χ0v) is 11.3. The van der Waals surface area contributed by atoms with E-state index in [0.717, 1.165) is 23.7 Å². The third-order valence-electron chi connectivity index (χ3n) is 5.97. The normalized spacial score (nSPS) is 45.1. The van der Waals surface area contributed by atoms with E-state index in [-0.39, 0.29) is 11.8 Å². The first-order chi connectivity index (χ1) is 9.20. The van der Waals surface area contributed by atoms with E-state index in [9.17, 15) is 9.59 Å². The van der Waals surface area contributed by atoms with Gasteiger partial charge in [-0.25, -0.2) is 0 Å². The minimum atomic E-state index is -0.0231. The standard InChI is InChI=1S/C15H22N2O2/c18-14-6-16-7-15(19)17(14)8-13-11-2-9-1-10(4-11)5-12(13)3-9/h9-13,16H,1-8H2. The van der Waals surface area contributed by atoms with E-state index >= 15 is 0 Å². The van der Waals surface area contributed by atoms with Crippen LogP contribution in [-0.4, -0.2) is 36.3 Å². The Kier molecular flexibility index (Phi) is 2.69. The lowest BCUT2D eigenvalue weighted by Crippen LogP contribution is -2.56. The molecule has 1 N–H and O–H groups in total. The maximum absolute atomic E-state index is 11.9. The lowest BCUT2D eigenvalue weighted by Gasteiger charge is -2.55. The fourth-order valence-corrected chi connectivity index (χ4v) is 5.36. The molecule has 5 rings (SSSR count). The summed E-state index contributed by atoms with van der Waals surface area (Å²) >= 11 is 0. The SMILES string of the molecule is O=C1CNCC(=O)N1CC1C2CC3CC(C2)CC1C3. The van der Waals surface area contributed by atoms with E-state index in [1.807, 2.05) is 0 Å². The van der Waals surface area contributed by atoms with Crippen molar-refractivity contribution >= 4 is 11.8 Å². The van der Waals surface area contributed by atoms with Gasteiger partial charge in [0.1, 0.15) is 0 Å². The van der Waals surface area contributed by atoms with Crippen LogP contribution in [0.1, 0.15) is 32.1 Å². The Balaban J connectivity index is 1.50. The van der Waals surface area contributed by atoms with Crippen LogP contribution in [0.4, 0.5) is 0 Å². The second-order valence-corrected chi connectivity index (χ2v) is 7.10. The van der Waals surface area contributed by atoms with Gasteiger partial charge in [-0.3, -0.25) is 19.8 Å². The minimum Gasteiger partial charge on any atom is -0.300 e. The highest BCUT2D eigenvalue weighted by molar-refractivity contribution is 5.99. The summed E-state index contributed by atoms with van der Waals surface area (Å²) < 4.78 is 0. The maximum Gasteiger partial charge on any atom is 0.243 e. The van der Waals surface area contributed by atoms with Gasteiger partial charge in [0, 0.05) is 6.54 Å². The van der Waals surface area contributed by atoms with Crippen LogP contribution >= 0.6 is 0 Å². The highest BCUT2D eigenvalue weighted by Crippen LogP contribution is 2.56. The second kappa shape index (κ2) is 4.30. The molecule has 104 valence electrons. The monoisotopic (exact) mass is 262 g/mol. The molecule has 0 unspecified atom stereocenters. The summed E-state index contributed by atoms with van der Waals surface area (Å²) in [6.45, 7) is 1.37. The molecule has 0 radical (unpaired) electrons. The number of imide groups is 1. The van der Waals surface area contributed by atoms with Crippen molar-refractivity contribution in [2.45, 2.75) is 32.1 Å². The minimum absolute atomic E-state index is 0.0231. The molecule has 4 aliphatic carbocycles. The summed E-state index contributed by atoms with van der Waals surface area (Å²) in [4.78, 5) is 25.4. The highest BCUT2D eigenvalue weighted by atomic mass is 16.2.